The van der Waals surface area contributed by atoms with Gasteiger partial charge < -0.3 is 5.32 Å². The number of nitrogens with zero attached hydrogens (tertiary/aromatic N) is 1. The van der Waals surface area contributed by atoms with E-state index >= 15 is 0 Å². The number of aromatic nitrogens is 2. The van der Waals surface area contributed by atoms with E-state index in [1.165, 1.54) is 22.4 Å². The van der Waals surface area contributed by atoms with E-state index in [-0.39, 0.29) is 0 Å². The molecule has 120 valence electrons. The minimum Gasteiger partial charge on any atom is -0.313 e. The molecule has 0 bridgehead atoms. The van der Waals surface area contributed by atoms with Gasteiger partial charge in [-0.05, 0) is 56.7 Å². The van der Waals surface area contributed by atoms with Gasteiger partial charge in [0.25, 0.3) is 0 Å². The van der Waals surface area contributed by atoms with Gasteiger partial charge >= 0.3 is 0 Å². The van der Waals surface area contributed by atoms with E-state index in [1.807, 2.05) is 6.20 Å². The SMILES string of the molecule is Cc1ccc(C[C@@H](NCCCc2cn[nH]c2C)C(C)C)cc1. The molecule has 0 unspecified atom stereocenters. The molecule has 22 heavy (non-hydrogen) atoms. The van der Waals surface area contributed by atoms with Gasteiger partial charge in [-0.25, -0.2) is 0 Å². The Morgan fingerprint density at radius 3 is 2.45 bits per heavy atom. The monoisotopic (exact) mass is 299 g/mol. The molecule has 2 N–H and O–H groups in total. The minimum atomic E-state index is 0.535. The van der Waals surface area contributed by atoms with Crippen molar-refractivity contribution in [1.29, 1.82) is 0 Å². The van der Waals surface area contributed by atoms with Crippen LogP contribution in [-0.2, 0) is 12.8 Å². The molecule has 0 saturated carbocycles. The van der Waals surface area contributed by atoms with Gasteiger partial charge in [-0.3, -0.25) is 5.10 Å². The summed E-state index contributed by atoms with van der Waals surface area (Å²) in [5.74, 6) is 0.636. The van der Waals surface area contributed by atoms with E-state index in [0.29, 0.717) is 12.0 Å². The summed E-state index contributed by atoms with van der Waals surface area (Å²) in [6.07, 6.45) is 5.28. The summed E-state index contributed by atoms with van der Waals surface area (Å²) in [5, 5.41) is 10.8. The third-order valence-corrected chi connectivity index (χ3v) is 4.34. The number of aryl methyl sites for hydroxylation is 3. The number of aromatic amines is 1. The lowest BCUT2D eigenvalue weighted by Crippen LogP contribution is -2.36. The maximum Gasteiger partial charge on any atom is 0.0522 e. The van der Waals surface area contributed by atoms with Crippen LogP contribution in [-0.4, -0.2) is 22.8 Å². The number of nitrogens with one attached hydrogen (secondary N) is 2. The van der Waals surface area contributed by atoms with Crippen molar-refractivity contribution in [3.8, 4) is 0 Å². The normalized spacial score (nSPS) is 12.8. The van der Waals surface area contributed by atoms with Gasteiger partial charge in [0.05, 0.1) is 6.20 Å². The molecule has 0 aliphatic heterocycles. The number of benzene rings is 1. The average Bonchev–Trinajstić information content (AvgIpc) is 2.89. The Morgan fingerprint density at radius 1 is 1.14 bits per heavy atom. The Bertz CT molecular complexity index is 554. The maximum atomic E-state index is 4.08. The van der Waals surface area contributed by atoms with E-state index < -0.39 is 0 Å². The van der Waals surface area contributed by atoms with Crippen molar-refractivity contribution in [3.63, 3.8) is 0 Å². The second-order valence-electron chi connectivity index (χ2n) is 6.62. The molecule has 2 rings (SSSR count). The molecule has 1 atom stereocenters. The predicted molar refractivity (Wildman–Crippen MR) is 93.2 cm³/mol. The Hall–Kier alpha value is -1.61. The van der Waals surface area contributed by atoms with Crippen molar-refractivity contribution < 1.29 is 0 Å². The zero-order valence-electron chi connectivity index (χ0n) is 14.3. The fraction of sp³-hybridized carbons (Fsp3) is 0.526. The smallest absolute Gasteiger partial charge is 0.0522 e. The van der Waals surface area contributed by atoms with Gasteiger partial charge in [0.15, 0.2) is 0 Å². The second kappa shape index (κ2) is 8.14. The zero-order chi connectivity index (χ0) is 15.9. The Kier molecular flexibility index (Phi) is 6.20. The fourth-order valence-electron chi connectivity index (χ4n) is 2.72. The molecule has 2 aromatic rings. The first-order valence-corrected chi connectivity index (χ1v) is 8.34. The highest BCUT2D eigenvalue weighted by molar-refractivity contribution is 5.22. The van der Waals surface area contributed by atoms with E-state index in [9.17, 15) is 0 Å². The van der Waals surface area contributed by atoms with Crippen molar-refractivity contribution in [3.05, 3.63) is 52.8 Å². The third-order valence-electron chi connectivity index (χ3n) is 4.34. The molecule has 3 heteroatoms. The molecule has 0 radical (unpaired) electrons. The number of rotatable bonds is 8. The molecule has 0 saturated heterocycles. The highest BCUT2D eigenvalue weighted by Crippen LogP contribution is 2.12. The van der Waals surface area contributed by atoms with Crippen LogP contribution < -0.4 is 5.32 Å². The highest BCUT2D eigenvalue weighted by atomic mass is 15.1. The van der Waals surface area contributed by atoms with Crippen molar-refractivity contribution in [1.82, 2.24) is 15.5 Å². The quantitative estimate of drug-likeness (QED) is 0.728. The maximum absolute atomic E-state index is 4.08. The number of hydrogen-bond donors (Lipinski definition) is 2. The molecule has 3 nitrogen and oxygen atoms in total. The lowest BCUT2D eigenvalue weighted by Gasteiger charge is -2.23. The number of H-pyrrole nitrogens is 1. The Balaban J connectivity index is 1.79. The zero-order valence-corrected chi connectivity index (χ0v) is 14.3. The van der Waals surface area contributed by atoms with Crippen LogP contribution in [0.2, 0.25) is 0 Å². The van der Waals surface area contributed by atoms with Gasteiger partial charge in [0, 0.05) is 11.7 Å². The van der Waals surface area contributed by atoms with E-state index in [2.05, 4.69) is 67.5 Å². The Labute approximate surface area is 134 Å². The Morgan fingerprint density at radius 2 is 1.86 bits per heavy atom. The van der Waals surface area contributed by atoms with Crippen molar-refractivity contribution >= 4 is 0 Å². The fourth-order valence-corrected chi connectivity index (χ4v) is 2.72. The topological polar surface area (TPSA) is 40.7 Å². The molecule has 1 aromatic heterocycles. The summed E-state index contributed by atoms with van der Waals surface area (Å²) in [4.78, 5) is 0. The summed E-state index contributed by atoms with van der Waals surface area (Å²) in [7, 11) is 0. The molecular weight excluding hydrogens is 270 g/mol. The van der Waals surface area contributed by atoms with Gasteiger partial charge in [-0.2, -0.15) is 5.10 Å². The molecule has 0 amide bonds. The van der Waals surface area contributed by atoms with E-state index in [4.69, 9.17) is 0 Å². The number of hydrogen-bond acceptors (Lipinski definition) is 2. The molecule has 1 heterocycles. The summed E-state index contributed by atoms with van der Waals surface area (Å²) in [5.41, 5.74) is 5.28. The molecule has 0 aliphatic carbocycles. The predicted octanol–water partition coefficient (Wildman–Crippen LogP) is 3.82. The summed E-state index contributed by atoms with van der Waals surface area (Å²) >= 11 is 0. The standard InChI is InChI=1S/C19H29N3/c1-14(2)19(12-17-9-7-15(3)8-10-17)20-11-5-6-18-13-21-22-16(18)4/h7-10,13-14,19-20H,5-6,11-12H2,1-4H3,(H,21,22)/t19-/m1/s1. The van der Waals surface area contributed by atoms with Crippen molar-refractivity contribution in [2.45, 2.75) is 53.0 Å². The lowest BCUT2D eigenvalue weighted by molar-refractivity contribution is 0.394. The second-order valence-corrected chi connectivity index (χ2v) is 6.62. The van der Waals surface area contributed by atoms with Crippen LogP contribution in [0.15, 0.2) is 30.5 Å². The van der Waals surface area contributed by atoms with E-state index in [1.54, 1.807) is 0 Å². The summed E-state index contributed by atoms with van der Waals surface area (Å²) in [6, 6.07) is 9.44. The lowest BCUT2D eigenvalue weighted by atomic mass is 9.95. The van der Waals surface area contributed by atoms with Crippen LogP contribution in [0.3, 0.4) is 0 Å². The van der Waals surface area contributed by atoms with Crippen LogP contribution in [0.5, 0.6) is 0 Å². The van der Waals surface area contributed by atoms with Crippen LogP contribution in [0.25, 0.3) is 0 Å². The van der Waals surface area contributed by atoms with Crippen LogP contribution in [0.1, 0.15) is 42.7 Å². The van der Waals surface area contributed by atoms with Gasteiger partial charge in [0.1, 0.15) is 0 Å². The van der Waals surface area contributed by atoms with Gasteiger partial charge in [-0.15, -0.1) is 0 Å². The van der Waals surface area contributed by atoms with Crippen LogP contribution in [0, 0.1) is 19.8 Å². The molecular formula is C19H29N3. The molecule has 0 spiro atoms. The van der Waals surface area contributed by atoms with Crippen LogP contribution >= 0.6 is 0 Å². The van der Waals surface area contributed by atoms with Crippen LogP contribution in [0.4, 0.5) is 0 Å². The average molecular weight is 299 g/mol. The molecule has 1 aromatic carbocycles. The first-order chi connectivity index (χ1) is 10.6. The van der Waals surface area contributed by atoms with E-state index in [0.717, 1.165) is 25.8 Å². The first-order valence-electron chi connectivity index (χ1n) is 8.34. The highest BCUT2D eigenvalue weighted by Gasteiger charge is 2.13. The molecule has 0 fully saturated rings. The molecule has 0 aliphatic rings. The summed E-state index contributed by atoms with van der Waals surface area (Å²) < 4.78 is 0. The minimum absolute atomic E-state index is 0.535. The van der Waals surface area contributed by atoms with Gasteiger partial charge in [-0.1, -0.05) is 43.7 Å². The third kappa shape index (κ3) is 4.99. The largest absolute Gasteiger partial charge is 0.313 e. The first kappa shape index (κ1) is 16.8. The van der Waals surface area contributed by atoms with Crippen molar-refractivity contribution in [2.24, 2.45) is 5.92 Å². The van der Waals surface area contributed by atoms with Gasteiger partial charge in [0.2, 0.25) is 0 Å². The van der Waals surface area contributed by atoms with Crippen molar-refractivity contribution in [2.75, 3.05) is 6.54 Å². The summed E-state index contributed by atoms with van der Waals surface area (Å²) in [6.45, 7) is 9.88.